The van der Waals surface area contributed by atoms with Crippen LogP contribution >= 0.6 is 11.8 Å². The van der Waals surface area contributed by atoms with Crippen molar-refractivity contribution >= 4 is 17.6 Å². The van der Waals surface area contributed by atoms with E-state index < -0.39 is 0 Å². The maximum absolute atomic E-state index is 4.44. The van der Waals surface area contributed by atoms with Crippen molar-refractivity contribution < 1.29 is 0 Å². The number of hydrogen-bond acceptors (Lipinski definition) is 3. The van der Waals surface area contributed by atoms with Gasteiger partial charge in [0.2, 0.25) is 0 Å². The van der Waals surface area contributed by atoms with Crippen molar-refractivity contribution in [3.8, 4) is 0 Å². The molecular formula is C17H22N2S. The highest BCUT2D eigenvalue weighted by Gasteiger charge is 2.01. The summed E-state index contributed by atoms with van der Waals surface area (Å²) >= 11 is 1.87. The van der Waals surface area contributed by atoms with Crippen LogP contribution in [0.4, 0.5) is 5.82 Å². The van der Waals surface area contributed by atoms with Gasteiger partial charge in [0.1, 0.15) is 5.82 Å². The van der Waals surface area contributed by atoms with Crippen LogP contribution in [0.2, 0.25) is 0 Å². The largest absolute Gasteiger partial charge is 0.370 e. The van der Waals surface area contributed by atoms with E-state index in [2.05, 4.69) is 61.4 Å². The minimum absolute atomic E-state index is 0.963. The Labute approximate surface area is 126 Å². The summed E-state index contributed by atoms with van der Waals surface area (Å²) in [7, 11) is 0. The zero-order valence-electron chi connectivity index (χ0n) is 12.4. The quantitative estimate of drug-likeness (QED) is 0.771. The van der Waals surface area contributed by atoms with E-state index >= 15 is 0 Å². The molecular weight excluding hydrogens is 264 g/mol. The van der Waals surface area contributed by atoms with E-state index in [-0.39, 0.29) is 0 Å². The van der Waals surface area contributed by atoms with Crippen LogP contribution in [0.25, 0.3) is 0 Å². The van der Waals surface area contributed by atoms with Gasteiger partial charge in [-0.1, -0.05) is 30.7 Å². The number of aromatic nitrogens is 1. The van der Waals surface area contributed by atoms with Gasteiger partial charge in [-0.25, -0.2) is 4.98 Å². The third kappa shape index (κ3) is 4.27. The fourth-order valence-electron chi connectivity index (χ4n) is 1.99. The van der Waals surface area contributed by atoms with E-state index in [1.807, 2.05) is 18.0 Å². The Hall–Kier alpha value is -1.48. The molecule has 0 aliphatic heterocycles. The lowest BCUT2D eigenvalue weighted by molar-refractivity contribution is 0.968. The number of pyridine rings is 1. The van der Waals surface area contributed by atoms with Crippen molar-refractivity contribution in [1.29, 1.82) is 0 Å². The minimum atomic E-state index is 0.963. The normalized spacial score (nSPS) is 10.6. The number of anilines is 1. The van der Waals surface area contributed by atoms with E-state index in [1.165, 1.54) is 21.6 Å². The van der Waals surface area contributed by atoms with Gasteiger partial charge in [-0.15, -0.1) is 11.8 Å². The first-order valence-electron chi connectivity index (χ1n) is 7.08. The average Bonchev–Trinajstić information content (AvgIpc) is 2.45. The maximum Gasteiger partial charge on any atom is 0.125 e. The van der Waals surface area contributed by atoms with Crippen molar-refractivity contribution in [1.82, 2.24) is 4.98 Å². The lowest BCUT2D eigenvalue weighted by Gasteiger charge is -2.07. The van der Waals surface area contributed by atoms with Crippen molar-refractivity contribution in [2.75, 3.05) is 11.9 Å². The first-order chi connectivity index (χ1) is 9.69. The standard InChI is InChI=1S/C17H22N2S/c1-4-9-18-17-8-6-15(11-19-17)12-20-16-7-5-13(2)10-14(16)3/h5-8,10-11H,4,9,12H2,1-3H3,(H,18,19). The second kappa shape index (κ2) is 7.34. The molecule has 0 unspecified atom stereocenters. The van der Waals surface area contributed by atoms with Gasteiger partial charge in [0.15, 0.2) is 0 Å². The second-order valence-corrected chi connectivity index (χ2v) is 6.05. The summed E-state index contributed by atoms with van der Waals surface area (Å²) in [5, 5.41) is 3.29. The molecule has 0 aliphatic rings. The first-order valence-corrected chi connectivity index (χ1v) is 8.06. The van der Waals surface area contributed by atoms with Crippen LogP contribution in [0.3, 0.4) is 0 Å². The smallest absolute Gasteiger partial charge is 0.125 e. The van der Waals surface area contributed by atoms with E-state index in [0.29, 0.717) is 0 Å². The molecule has 2 rings (SSSR count). The minimum Gasteiger partial charge on any atom is -0.370 e. The lowest BCUT2D eigenvalue weighted by atomic mass is 10.2. The van der Waals surface area contributed by atoms with Gasteiger partial charge in [-0.05, 0) is 43.5 Å². The van der Waals surface area contributed by atoms with Crippen molar-refractivity contribution in [3.05, 3.63) is 53.2 Å². The fourth-order valence-corrected chi connectivity index (χ4v) is 2.93. The number of benzene rings is 1. The van der Waals surface area contributed by atoms with Crippen LogP contribution in [0.5, 0.6) is 0 Å². The van der Waals surface area contributed by atoms with Gasteiger partial charge in [0, 0.05) is 23.4 Å². The Kier molecular flexibility index (Phi) is 5.48. The molecule has 2 aromatic rings. The summed E-state index contributed by atoms with van der Waals surface area (Å²) in [6, 6.07) is 10.8. The topological polar surface area (TPSA) is 24.9 Å². The summed E-state index contributed by atoms with van der Waals surface area (Å²) in [4.78, 5) is 5.79. The highest BCUT2D eigenvalue weighted by molar-refractivity contribution is 7.98. The SMILES string of the molecule is CCCNc1ccc(CSc2ccc(C)cc2C)cn1. The Bertz CT molecular complexity index is 549. The van der Waals surface area contributed by atoms with Gasteiger partial charge in [0.25, 0.3) is 0 Å². The van der Waals surface area contributed by atoms with Crippen LogP contribution in [0, 0.1) is 13.8 Å². The van der Waals surface area contributed by atoms with Crippen molar-refractivity contribution in [2.24, 2.45) is 0 Å². The van der Waals surface area contributed by atoms with Crippen LogP contribution in [-0.2, 0) is 5.75 Å². The number of nitrogens with zero attached hydrogens (tertiary/aromatic N) is 1. The van der Waals surface area contributed by atoms with E-state index in [1.54, 1.807) is 0 Å². The third-order valence-corrected chi connectivity index (χ3v) is 4.35. The van der Waals surface area contributed by atoms with Gasteiger partial charge >= 0.3 is 0 Å². The molecule has 0 saturated carbocycles. The Morgan fingerprint density at radius 2 is 2.00 bits per heavy atom. The molecule has 0 amide bonds. The molecule has 0 aliphatic carbocycles. The highest BCUT2D eigenvalue weighted by Crippen LogP contribution is 2.26. The summed E-state index contributed by atoms with van der Waals surface area (Å²) in [6.07, 6.45) is 3.08. The Morgan fingerprint density at radius 1 is 1.15 bits per heavy atom. The van der Waals surface area contributed by atoms with E-state index in [4.69, 9.17) is 0 Å². The monoisotopic (exact) mass is 286 g/mol. The van der Waals surface area contributed by atoms with Gasteiger partial charge in [-0.3, -0.25) is 0 Å². The highest BCUT2D eigenvalue weighted by atomic mass is 32.2. The fraction of sp³-hybridized carbons (Fsp3) is 0.353. The predicted molar refractivity (Wildman–Crippen MR) is 88.5 cm³/mol. The molecule has 1 heterocycles. The van der Waals surface area contributed by atoms with Crippen molar-refractivity contribution in [2.45, 2.75) is 37.8 Å². The molecule has 1 aromatic carbocycles. The molecule has 106 valence electrons. The summed E-state index contributed by atoms with van der Waals surface area (Å²) in [5.74, 6) is 1.93. The molecule has 0 atom stereocenters. The molecule has 0 bridgehead atoms. The molecule has 1 N–H and O–H groups in total. The average molecular weight is 286 g/mol. The Morgan fingerprint density at radius 3 is 2.65 bits per heavy atom. The summed E-state index contributed by atoms with van der Waals surface area (Å²) in [5.41, 5.74) is 3.93. The number of thioether (sulfide) groups is 1. The number of hydrogen-bond donors (Lipinski definition) is 1. The zero-order valence-corrected chi connectivity index (χ0v) is 13.3. The molecule has 0 radical (unpaired) electrons. The van der Waals surface area contributed by atoms with Gasteiger partial charge in [-0.2, -0.15) is 0 Å². The molecule has 2 nitrogen and oxygen atoms in total. The van der Waals surface area contributed by atoms with Gasteiger partial charge in [0.05, 0.1) is 0 Å². The number of rotatable bonds is 6. The molecule has 0 saturated heterocycles. The summed E-state index contributed by atoms with van der Waals surface area (Å²) in [6.45, 7) is 7.43. The predicted octanol–water partition coefficient (Wildman–Crippen LogP) is 4.81. The van der Waals surface area contributed by atoms with E-state index in [9.17, 15) is 0 Å². The van der Waals surface area contributed by atoms with Gasteiger partial charge < -0.3 is 5.32 Å². The molecule has 1 aromatic heterocycles. The van der Waals surface area contributed by atoms with Crippen molar-refractivity contribution in [3.63, 3.8) is 0 Å². The molecule has 20 heavy (non-hydrogen) atoms. The lowest BCUT2D eigenvalue weighted by Crippen LogP contribution is -2.01. The van der Waals surface area contributed by atoms with Crippen LogP contribution < -0.4 is 5.32 Å². The molecule has 3 heteroatoms. The van der Waals surface area contributed by atoms with Crippen LogP contribution in [0.15, 0.2) is 41.4 Å². The molecule has 0 spiro atoms. The number of nitrogens with one attached hydrogen (secondary N) is 1. The zero-order chi connectivity index (χ0) is 14.4. The molecule has 0 fully saturated rings. The summed E-state index contributed by atoms with van der Waals surface area (Å²) < 4.78 is 0. The second-order valence-electron chi connectivity index (χ2n) is 5.04. The van der Waals surface area contributed by atoms with Crippen LogP contribution in [0.1, 0.15) is 30.0 Å². The first kappa shape index (κ1) is 14.9. The number of aryl methyl sites for hydroxylation is 2. The van der Waals surface area contributed by atoms with E-state index in [0.717, 1.165) is 24.5 Å². The van der Waals surface area contributed by atoms with Crippen LogP contribution in [-0.4, -0.2) is 11.5 Å². The third-order valence-electron chi connectivity index (χ3n) is 3.11. The Balaban J connectivity index is 1.93. The maximum atomic E-state index is 4.44.